The number of benzene rings is 2. The van der Waals surface area contributed by atoms with E-state index in [1.807, 2.05) is 0 Å². The fourth-order valence-electron chi connectivity index (χ4n) is 3.70. The quantitative estimate of drug-likeness (QED) is 0.0969. The molecule has 4 rings (SSSR count). The lowest BCUT2D eigenvalue weighted by Gasteiger charge is -2.17. The van der Waals surface area contributed by atoms with Gasteiger partial charge in [-0.3, -0.25) is 19.3 Å². The summed E-state index contributed by atoms with van der Waals surface area (Å²) in [5.41, 5.74) is -0.200. The molecule has 0 spiro atoms. The van der Waals surface area contributed by atoms with E-state index < -0.39 is 117 Å². The first kappa shape index (κ1) is 44.0. The van der Waals surface area contributed by atoms with Gasteiger partial charge in [0.15, 0.2) is 46.5 Å². The number of esters is 2. The minimum absolute atomic E-state index is 0. The van der Waals surface area contributed by atoms with Crippen LogP contribution in [0.1, 0.15) is 83.5 Å². The number of nitrogens with zero attached hydrogens (tertiary/aromatic N) is 2. The lowest BCUT2D eigenvalue weighted by Crippen LogP contribution is -2.42. The van der Waals surface area contributed by atoms with Crippen molar-refractivity contribution in [3.05, 3.63) is 68.8 Å². The number of halogens is 8. The molecule has 0 bridgehead atoms. The molecule has 2 aromatic rings. The number of imide groups is 1. The lowest BCUT2D eigenvalue weighted by atomic mass is 10.1. The third kappa shape index (κ3) is 9.13. The Kier molecular flexibility index (Phi) is 16.1. The Morgan fingerprint density at radius 1 is 0.633 bits per heavy atom. The molecule has 0 radical (unpaired) electrons. The van der Waals surface area contributed by atoms with Crippen LogP contribution >= 0.6 is 0 Å². The number of carboxylic acid groups (broad SMARTS) is 2. The SMILES string of the molecule is C.CCN(CC)CC.C[C@@H](C(=O)O)N1C(=O)c2c(F)c(F)c(F)c(F)c2C1=O.C[C@H](N)C(=O)O.O=C1OC(=O)c2c(F)c(F)c(F)c(F)c21. The molecule has 2 atom stereocenters. The zero-order valence-electron chi connectivity index (χ0n) is 25.5. The molecule has 272 valence electrons. The highest BCUT2D eigenvalue weighted by Gasteiger charge is 2.47. The summed E-state index contributed by atoms with van der Waals surface area (Å²) in [6.07, 6.45) is 0. The van der Waals surface area contributed by atoms with Gasteiger partial charge in [-0.1, -0.05) is 28.2 Å². The van der Waals surface area contributed by atoms with Gasteiger partial charge >= 0.3 is 23.9 Å². The van der Waals surface area contributed by atoms with Crippen LogP contribution in [0.15, 0.2) is 0 Å². The van der Waals surface area contributed by atoms with Gasteiger partial charge in [0.05, 0.1) is 11.1 Å². The molecule has 20 heteroatoms. The van der Waals surface area contributed by atoms with Gasteiger partial charge in [0.25, 0.3) is 11.8 Å². The molecule has 2 amide bonds. The topological polar surface area (TPSA) is 185 Å². The van der Waals surface area contributed by atoms with Crippen LogP contribution in [-0.2, 0) is 14.3 Å². The molecular weight excluding hydrogens is 686 g/mol. The highest BCUT2D eigenvalue weighted by Crippen LogP contribution is 2.33. The van der Waals surface area contributed by atoms with Gasteiger partial charge in [0.1, 0.15) is 23.2 Å². The van der Waals surface area contributed by atoms with Gasteiger partial charge in [0.2, 0.25) is 0 Å². The van der Waals surface area contributed by atoms with Crippen molar-refractivity contribution < 1.29 is 78.8 Å². The standard InChI is InChI=1S/C11H5F4NO4.C8F4O3.C6H15N.C3H7NO2.CH4/c1-2(11(19)20)16-9(17)3-4(10(16)18)6(13)8(15)7(14)5(3)12;9-3-1-2(8(14)15-7(1)13)4(10)6(12)5(3)11;1-4-7(5-2)6-3;1-2(4)3(5)6;/h2H,1H3,(H,19,20);;4-6H2,1-3H3;2H,4H2,1H3,(H,5,6);1H4/t2-;;;2-;/m0..0./s1. The number of fused-ring (bicyclic) bond motifs is 2. The number of rotatable bonds is 6. The molecule has 12 nitrogen and oxygen atoms in total. The molecular formula is C29H31F8N3O9. The van der Waals surface area contributed by atoms with Crippen molar-refractivity contribution in [1.82, 2.24) is 9.80 Å². The van der Waals surface area contributed by atoms with E-state index in [4.69, 9.17) is 15.9 Å². The second-order valence-corrected chi connectivity index (χ2v) is 9.43. The molecule has 2 aromatic carbocycles. The van der Waals surface area contributed by atoms with Crippen molar-refractivity contribution in [2.45, 2.75) is 54.1 Å². The first-order valence-electron chi connectivity index (χ1n) is 13.4. The first-order chi connectivity index (χ1) is 22.1. The van der Waals surface area contributed by atoms with E-state index in [1.54, 1.807) is 0 Å². The molecule has 0 aliphatic carbocycles. The van der Waals surface area contributed by atoms with E-state index in [2.05, 4.69) is 30.4 Å². The summed E-state index contributed by atoms with van der Waals surface area (Å²) in [6.45, 7) is 12.5. The van der Waals surface area contributed by atoms with Crippen LogP contribution < -0.4 is 5.73 Å². The monoisotopic (exact) mass is 717 g/mol. The van der Waals surface area contributed by atoms with Crippen molar-refractivity contribution in [3.63, 3.8) is 0 Å². The predicted octanol–water partition coefficient (Wildman–Crippen LogP) is 4.27. The Hall–Kier alpha value is -4.98. The van der Waals surface area contributed by atoms with Gasteiger partial charge in [-0.2, -0.15) is 0 Å². The summed E-state index contributed by atoms with van der Waals surface area (Å²) in [5.74, 6) is -25.4. The van der Waals surface area contributed by atoms with Crippen molar-refractivity contribution in [2.24, 2.45) is 5.73 Å². The first-order valence-corrected chi connectivity index (χ1v) is 13.4. The normalized spacial score (nSPS) is 13.8. The number of carbonyl (C=O) groups is 6. The number of amides is 2. The summed E-state index contributed by atoms with van der Waals surface area (Å²) >= 11 is 0. The van der Waals surface area contributed by atoms with Crippen LogP contribution in [0.4, 0.5) is 35.1 Å². The number of carbonyl (C=O) groups excluding carboxylic acids is 4. The molecule has 2 aliphatic heterocycles. The highest BCUT2D eigenvalue weighted by molar-refractivity contribution is 6.23. The molecule has 0 fully saturated rings. The van der Waals surface area contributed by atoms with E-state index in [0.29, 0.717) is 0 Å². The van der Waals surface area contributed by atoms with Crippen LogP contribution in [0.5, 0.6) is 0 Å². The van der Waals surface area contributed by atoms with E-state index in [-0.39, 0.29) is 12.3 Å². The van der Waals surface area contributed by atoms with Crippen molar-refractivity contribution >= 4 is 35.7 Å². The largest absolute Gasteiger partial charge is 0.480 e. The van der Waals surface area contributed by atoms with E-state index in [0.717, 1.165) is 6.92 Å². The molecule has 49 heavy (non-hydrogen) atoms. The number of hydrogen-bond donors (Lipinski definition) is 3. The molecule has 2 aliphatic rings. The van der Waals surface area contributed by atoms with E-state index in [1.165, 1.54) is 26.6 Å². The zero-order chi connectivity index (χ0) is 37.5. The third-order valence-corrected chi connectivity index (χ3v) is 6.47. The maximum absolute atomic E-state index is 13.5. The Morgan fingerprint density at radius 3 is 1.10 bits per heavy atom. The zero-order valence-corrected chi connectivity index (χ0v) is 25.5. The molecule has 0 aromatic heterocycles. The minimum Gasteiger partial charge on any atom is -0.480 e. The maximum atomic E-state index is 13.5. The van der Waals surface area contributed by atoms with Crippen molar-refractivity contribution in [1.29, 1.82) is 0 Å². The van der Waals surface area contributed by atoms with Crippen LogP contribution in [0.3, 0.4) is 0 Å². The van der Waals surface area contributed by atoms with Gasteiger partial charge < -0.3 is 25.6 Å². The molecule has 0 saturated carbocycles. The average molecular weight is 718 g/mol. The van der Waals surface area contributed by atoms with Crippen molar-refractivity contribution in [3.8, 4) is 0 Å². The lowest BCUT2D eigenvalue weighted by molar-refractivity contribution is -0.141. The maximum Gasteiger partial charge on any atom is 0.350 e. The van der Waals surface area contributed by atoms with Crippen LogP contribution in [0, 0.1) is 46.5 Å². The van der Waals surface area contributed by atoms with Crippen molar-refractivity contribution in [2.75, 3.05) is 19.6 Å². The van der Waals surface area contributed by atoms with Crippen LogP contribution in [0.2, 0.25) is 0 Å². The van der Waals surface area contributed by atoms with Crippen LogP contribution in [-0.4, -0.2) is 87.4 Å². The van der Waals surface area contributed by atoms with E-state index in [9.17, 15) is 63.9 Å². The fraction of sp³-hybridized carbons (Fsp3) is 0.379. The number of nitrogens with two attached hydrogens (primary N) is 1. The van der Waals surface area contributed by atoms with Crippen LogP contribution in [0.25, 0.3) is 0 Å². The predicted molar refractivity (Wildman–Crippen MR) is 151 cm³/mol. The number of aliphatic carboxylic acids is 2. The second kappa shape index (κ2) is 18.0. The summed E-state index contributed by atoms with van der Waals surface area (Å²) in [7, 11) is 0. The summed E-state index contributed by atoms with van der Waals surface area (Å²) < 4.78 is 108. The Morgan fingerprint density at radius 2 is 0.898 bits per heavy atom. The Balaban J connectivity index is 0.000000698. The van der Waals surface area contributed by atoms with Gasteiger partial charge in [0, 0.05) is 0 Å². The number of hydrogen-bond acceptors (Lipinski definition) is 9. The second-order valence-electron chi connectivity index (χ2n) is 9.43. The number of carboxylic acids is 2. The third-order valence-electron chi connectivity index (χ3n) is 6.47. The summed E-state index contributed by atoms with van der Waals surface area (Å²) in [4.78, 5) is 67.7. The summed E-state index contributed by atoms with van der Waals surface area (Å²) in [5, 5.41) is 16.6. The van der Waals surface area contributed by atoms with E-state index >= 15 is 0 Å². The molecule has 0 unspecified atom stereocenters. The molecule has 2 heterocycles. The minimum atomic E-state index is -2.24. The van der Waals surface area contributed by atoms with Gasteiger partial charge in [-0.05, 0) is 33.5 Å². The fourth-order valence-corrected chi connectivity index (χ4v) is 3.70. The Labute approximate surface area is 273 Å². The number of ether oxygens (including phenoxy) is 1. The van der Waals surface area contributed by atoms with Gasteiger partial charge in [-0.25, -0.2) is 49.5 Å². The highest BCUT2D eigenvalue weighted by atomic mass is 19.2. The smallest absolute Gasteiger partial charge is 0.350 e. The molecule has 4 N–H and O–H groups in total. The molecule has 0 saturated heterocycles. The average Bonchev–Trinajstić information content (AvgIpc) is 3.48. The van der Waals surface area contributed by atoms with Gasteiger partial charge in [-0.15, -0.1) is 0 Å². The number of cyclic esters (lactones) is 2. The Bertz CT molecular complexity index is 1550. The summed E-state index contributed by atoms with van der Waals surface area (Å²) in [6, 6.07) is -2.47.